The molecular formula is C16H9Cl2NO2. The van der Waals surface area contributed by atoms with E-state index in [1.807, 2.05) is 30.3 Å². The number of halogens is 2. The number of rotatable bonds is 0. The number of amides is 1. The van der Waals surface area contributed by atoms with Crippen molar-refractivity contribution < 1.29 is 9.53 Å². The van der Waals surface area contributed by atoms with E-state index in [-0.39, 0.29) is 5.91 Å². The van der Waals surface area contributed by atoms with E-state index in [4.69, 9.17) is 27.9 Å². The zero-order chi connectivity index (χ0) is 14.6. The van der Waals surface area contributed by atoms with Crippen molar-refractivity contribution in [2.75, 3.05) is 0 Å². The second-order valence-corrected chi connectivity index (χ2v) is 5.77. The molecule has 0 radical (unpaired) electrons. The van der Waals surface area contributed by atoms with Gasteiger partial charge in [-0.3, -0.25) is 4.79 Å². The van der Waals surface area contributed by atoms with E-state index in [1.54, 1.807) is 18.4 Å². The summed E-state index contributed by atoms with van der Waals surface area (Å²) >= 11 is 12.1. The third-order valence-corrected chi connectivity index (χ3v) is 4.53. The Morgan fingerprint density at radius 2 is 1.81 bits per heavy atom. The normalized spacial score (nSPS) is 21.7. The minimum absolute atomic E-state index is 0.228. The van der Waals surface area contributed by atoms with E-state index in [0.717, 1.165) is 11.1 Å². The van der Waals surface area contributed by atoms with E-state index in [1.165, 1.54) is 0 Å². The lowest BCUT2D eigenvalue weighted by Crippen LogP contribution is -2.43. The average molecular weight is 318 g/mol. The van der Waals surface area contributed by atoms with E-state index >= 15 is 0 Å². The average Bonchev–Trinajstić information content (AvgIpc) is 2.74. The molecule has 3 nitrogen and oxygen atoms in total. The fourth-order valence-corrected chi connectivity index (χ4v) is 3.19. The third-order valence-electron chi connectivity index (χ3n) is 3.81. The van der Waals surface area contributed by atoms with Crippen LogP contribution in [0, 0.1) is 0 Å². The Balaban J connectivity index is 2.03. The van der Waals surface area contributed by atoms with Crippen LogP contribution < -0.4 is 5.32 Å². The van der Waals surface area contributed by atoms with Gasteiger partial charge < -0.3 is 10.1 Å². The quantitative estimate of drug-likeness (QED) is 0.799. The first-order valence-corrected chi connectivity index (χ1v) is 7.13. The van der Waals surface area contributed by atoms with Crippen LogP contribution in [0.4, 0.5) is 0 Å². The lowest BCUT2D eigenvalue weighted by molar-refractivity contribution is 0.0306. The van der Waals surface area contributed by atoms with Gasteiger partial charge in [-0.1, -0.05) is 47.5 Å². The predicted octanol–water partition coefficient (Wildman–Crippen LogP) is 3.94. The van der Waals surface area contributed by atoms with Crippen LogP contribution in [0.2, 0.25) is 10.0 Å². The van der Waals surface area contributed by atoms with Crippen molar-refractivity contribution >= 4 is 35.2 Å². The molecular weight excluding hydrogens is 309 g/mol. The molecule has 2 aliphatic rings. The molecule has 5 heteroatoms. The Kier molecular flexibility index (Phi) is 2.59. The summed E-state index contributed by atoms with van der Waals surface area (Å²) < 4.78 is 5.83. The highest BCUT2D eigenvalue weighted by molar-refractivity contribution is 6.42. The Labute approximate surface area is 131 Å². The number of fused-ring (bicyclic) bond motifs is 4. The SMILES string of the molecule is O=C1NC2(OC=Cc3ccccc32)c2cc(Cl)c(Cl)cc21. The molecule has 2 aromatic rings. The van der Waals surface area contributed by atoms with Crippen LogP contribution in [-0.2, 0) is 10.5 Å². The van der Waals surface area contributed by atoms with Gasteiger partial charge in [0, 0.05) is 11.1 Å². The molecule has 2 heterocycles. The lowest BCUT2D eigenvalue weighted by Gasteiger charge is -2.33. The van der Waals surface area contributed by atoms with Crippen molar-refractivity contribution in [3.05, 3.63) is 75.0 Å². The zero-order valence-corrected chi connectivity index (χ0v) is 12.2. The van der Waals surface area contributed by atoms with Crippen LogP contribution in [0.3, 0.4) is 0 Å². The van der Waals surface area contributed by atoms with Gasteiger partial charge in [0.2, 0.25) is 5.72 Å². The second kappa shape index (κ2) is 4.26. The van der Waals surface area contributed by atoms with Gasteiger partial charge in [0.15, 0.2) is 0 Å². The molecule has 4 rings (SSSR count). The van der Waals surface area contributed by atoms with Crippen molar-refractivity contribution in [1.29, 1.82) is 0 Å². The highest BCUT2D eigenvalue weighted by atomic mass is 35.5. The molecule has 0 aromatic heterocycles. The largest absolute Gasteiger partial charge is 0.467 e. The molecule has 1 spiro atoms. The van der Waals surface area contributed by atoms with Crippen molar-refractivity contribution in [3.8, 4) is 0 Å². The molecule has 0 saturated heterocycles. The van der Waals surface area contributed by atoms with Crippen LogP contribution >= 0.6 is 23.2 Å². The Morgan fingerprint density at radius 1 is 1.05 bits per heavy atom. The lowest BCUT2D eigenvalue weighted by atomic mass is 9.89. The molecule has 0 saturated carbocycles. The number of nitrogens with one attached hydrogen (secondary N) is 1. The number of hydrogen-bond donors (Lipinski definition) is 1. The summed E-state index contributed by atoms with van der Waals surface area (Å²) in [4.78, 5) is 12.3. The first-order valence-electron chi connectivity index (χ1n) is 6.38. The summed E-state index contributed by atoms with van der Waals surface area (Å²) in [7, 11) is 0. The Bertz CT molecular complexity index is 816. The zero-order valence-electron chi connectivity index (χ0n) is 10.7. The van der Waals surface area contributed by atoms with Gasteiger partial charge in [0.1, 0.15) is 0 Å². The molecule has 2 aliphatic heterocycles. The van der Waals surface area contributed by atoms with Gasteiger partial charge in [-0.15, -0.1) is 0 Å². The fraction of sp³-hybridized carbons (Fsp3) is 0.0625. The standard InChI is InChI=1S/C16H9Cl2NO2/c17-13-7-10-12(8-14(13)18)16(19-15(10)20)11-4-2-1-3-9(11)5-6-21-16/h1-8H,(H,19,20). The highest BCUT2D eigenvalue weighted by Crippen LogP contribution is 2.44. The maximum atomic E-state index is 12.3. The van der Waals surface area contributed by atoms with Crippen LogP contribution in [0.5, 0.6) is 0 Å². The number of carbonyl (C=O) groups excluding carboxylic acids is 1. The predicted molar refractivity (Wildman–Crippen MR) is 81.3 cm³/mol. The van der Waals surface area contributed by atoms with Crippen LogP contribution in [-0.4, -0.2) is 5.91 Å². The molecule has 0 aliphatic carbocycles. The van der Waals surface area contributed by atoms with Crippen LogP contribution in [0.1, 0.15) is 27.0 Å². The summed E-state index contributed by atoms with van der Waals surface area (Å²) in [5.41, 5.74) is 1.99. The van der Waals surface area contributed by atoms with Crippen molar-refractivity contribution in [3.63, 3.8) is 0 Å². The van der Waals surface area contributed by atoms with Gasteiger partial charge in [0.05, 0.1) is 21.9 Å². The molecule has 1 amide bonds. The van der Waals surface area contributed by atoms with E-state index in [9.17, 15) is 4.79 Å². The molecule has 0 bridgehead atoms. The summed E-state index contributed by atoms with van der Waals surface area (Å²) in [5, 5.41) is 3.66. The second-order valence-electron chi connectivity index (χ2n) is 4.96. The van der Waals surface area contributed by atoms with Gasteiger partial charge in [-0.2, -0.15) is 0 Å². The minimum Gasteiger partial charge on any atom is -0.467 e. The minimum atomic E-state index is -1.04. The van der Waals surface area contributed by atoms with Crippen LogP contribution in [0.15, 0.2) is 42.7 Å². The fourth-order valence-electron chi connectivity index (χ4n) is 2.86. The number of benzene rings is 2. The molecule has 0 fully saturated rings. The Hall–Kier alpha value is -1.97. The molecule has 1 N–H and O–H groups in total. The van der Waals surface area contributed by atoms with Gasteiger partial charge in [0.25, 0.3) is 5.91 Å². The first kappa shape index (κ1) is 12.7. The summed E-state index contributed by atoms with van der Waals surface area (Å²) in [5.74, 6) is -0.228. The molecule has 104 valence electrons. The van der Waals surface area contributed by atoms with E-state index in [0.29, 0.717) is 21.2 Å². The summed E-state index contributed by atoms with van der Waals surface area (Å²) in [6.45, 7) is 0. The Morgan fingerprint density at radius 3 is 2.67 bits per heavy atom. The van der Waals surface area contributed by atoms with Gasteiger partial charge in [-0.05, 0) is 23.8 Å². The van der Waals surface area contributed by atoms with E-state index in [2.05, 4.69) is 5.32 Å². The van der Waals surface area contributed by atoms with Crippen LogP contribution in [0.25, 0.3) is 6.08 Å². The maximum Gasteiger partial charge on any atom is 0.255 e. The summed E-state index contributed by atoms with van der Waals surface area (Å²) in [6.07, 6.45) is 3.45. The van der Waals surface area contributed by atoms with E-state index < -0.39 is 5.72 Å². The van der Waals surface area contributed by atoms with Crippen molar-refractivity contribution in [1.82, 2.24) is 5.32 Å². The molecule has 21 heavy (non-hydrogen) atoms. The number of hydrogen-bond acceptors (Lipinski definition) is 2. The summed E-state index contributed by atoms with van der Waals surface area (Å²) in [6, 6.07) is 11.0. The van der Waals surface area contributed by atoms with Crippen molar-refractivity contribution in [2.24, 2.45) is 0 Å². The molecule has 2 aromatic carbocycles. The number of ether oxygens (including phenoxy) is 1. The van der Waals surface area contributed by atoms with Gasteiger partial charge >= 0.3 is 0 Å². The molecule has 1 atom stereocenters. The maximum absolute atomic E-state index is 12.3. The first-order chi connectivity index (χ1) is 10.1. The molecule has 1 unspecified atom stereocenters. The number of carbonyl (C=O) groups is 1. The smallest absolute Gasteiger partial charge is 0.255 e. The van der Waals surface area contributed by atoms with Crippen molar-refractivity contribution in [2.45, 2.75) is 5.72 Å². The topological polar surface area (TPSA) is 38.3 Å². The van der Waals surface area contributed by atoms with Gasteiger partial charge in [-0.25, -0.2) is 0 Å². The third kappa shape index (κ3) is 1.65. The monoisotopic (exact) mass is 317 g/mol. The highest BCUT2D eigenvalue weighted by Gasteiger charge is 2.48.